The van der Waals surface area contributed by atoms with Crippen molar-refractivity contribution in [1.82, 2.24) is 5.09 Å². The summed E-state index contributed by atoms with van der Waals surface area (Å²) in [5.41, 5.74) is 0.437. The van der Waals surface area contributed by atoms with Crippen LogP contribution in [0.3, 0.4) is 0 Å². The first-order chi connectivity index (χ1) is 15.5. The lowest BCUT2D eigenvalue weighted by molar-refractivity contribution is 0.512. The van der Waals surface area contributed by atoms with Gasteiger partial charge in [-0.05, 0) is 60.5 Å². The Morgan fingerprint density at radius 1 is 0.844 bits per heavy atom. The molecule has 158 valence electrons. The summed E-state index contributed by atoms with van der Waals surface area (Å²) in [5.74, 6) is 0. The van der Waals surface area contributed by atoms with E-state index in [1.807, 2.05) is 98.8 Å². The first-order valence-electron chi connectivity index (χ1n) is 10.6. The van der Waals surface area contributed by atoms with E-state index < -0.39 is 12.8 Å². The van der Waals surface area contributed by atoms with Gasteiger partial charge in [0.25, 0.3) is 0 Å². The van der Waals surface area contributed by atoms with Crippen molar-refractivity contribution in [3.63, 3.8) is 0 Å². The molecule has 0 saturated heterocycles. The van der Waals surface area contributed by atoms with E-state index in [4.69, 9.17) is 0 Å². The number of hydrogen-bond acceptors (Lipinski definition) is 2. The first-order valence-corrected chi connectivity index (χ1v) is 12.3. The van der Waals surface area contributed by atoms with Crippen LogP contribution in [-0.2, 0) is 10.1 Å². The highest BCUT2D eigenvalue weighted by molar-refractivity contribution is 7.77. The Morgan fingerprint density at radius 3 is 1.91 bits per heavy atom. The first kappa shape index (κ1) is 21.8. The summed E-state index contributed by atoms with van der Waals surface area (Å²) in [4.78, 5) is 0. The lowest BCUT2D eigenvalue weighted by Crippen LogP contribution is -2.43. The van der Waals surface area contributed by atoms with E-state index in [0.717, 1.165) is 16.3 Å². The van der Waals surface area contributed by atoms with Crippen molar-refractivity contribution in [2.24, 2.45) is 0 Å². The Bertz CT molecular complexity index is 1310. The van der Waals surface area contributed by atoms with Crippen LogP contribution in [0.5, 0.6) is 0 Å². The highest BCUT2D eigenvalue weighted by Crippen LogP contribution is 2.46. The molecule has 0 aliphatic carbocycles. The Morgan fingerprint density at radius 2 is 1.38 bits per heavy atom. The zero-order valence-corrected chi connectivity index (χ0v) is 19.1. The van der Waals surface area contributed by atoms with Gasteiger partial charge in [-0.15, -0.1) is 0 Å². The van der Waals surface area contributed by atoms with E-state index in [9.17, 15) is 9.83 Å². The minimum Gasteiger partial charge on any atom is -0.296 e. The van der Waals surface area contributed by atoms with Crippen molar-refractivity contribution >= 4 is 28.7 Å². The van der Waals surface area contributed by atoms with Crippen LogP contribution < -0.4 is 15.7 Å². The van der Waals surface area contributed by atoms with E-state index in [-0.39, 0.29) is 0 Å². The highest BCUT2D eigenvalue weighted by atomic mass is 31.2. The van der Waals surface area contributed by atoms with Crippen molar-refractivity contribution in [3.05, 3.63) is 120 Å². The third-order valence-electron chi connectivity index (χ3n) is 5.90. The molecule has 0 radical (unpaired) electrons. The van der Waals surface area contributed by atoms with Crippen LogP contribution in [0.1, 0.15) is 19.4 Å². The molecule has 4 aromatic carbocycles. The topological polar surface area (TPSA) is 52.9 Å². The van der Waals surface area contributed by atoms with E-state index in [1.54, 1.807) is 6.08 Å². The second-order valence-corrected chi connectivity index (χ2v) is 10.4. The van der Waals surface area contributed by atoms with Crippen LogP contribution >= 0.6 is 7.29 Å². The van der Waals surface area contributed by atoms with Crippen molar-refractivity contribution < 1.29 is 4.57 Å². The van der Waals surface area contributed by atoms with Gasteiger partial charge in [0.05, 0.1) is 11.6 Å². The summed E-state index contributed by atoms with van der Waals surface area (Å²) in [6.45, 7) is 3.78. The summed E-state index contributed by atoms with van der Waals surface area (Å²) in [5, 5.41) is 17.1. The maximum atomic E-state index is 14.8. The molecule has 1 N–H and O–H groups in total. The maximum absolute atomic E-state index is 14.8. The van der Waals surface area contributed by atoms with E-state index >= 15 is 0 Å². The van der Waals surface area contributed by atoms with Gasteiger partial charge >= 0.3 is 0 Å². The minimum absolute atomic E-state index is 0.514. The Labute approximate surface area is 189 Å². The lowest BCUT2D eigenvalue weighted by Gasteiger charge is -2.36. The molecular formula is C28H25N2OP. The van der Waals surface area contributed by atoms with Crippen LogP contribution in [0, 0.1) is 11.3 Å². The quantitative estimate of drug-likeness (QED) is 0.296. The fourth-order valence-electron chi connectivity index (χ4n) is 4.11. The minimum atomic E-state index is -3.29. The third-order valence-corrected chi connectivity index (χ3v) is 8.71. The van der Waals surface area contributed by atoms with Gasteiger partial charge in [0.1, 0.15) is 0 Å². The molecular weight excluding hydrogens is 411 g/mol. The summed E-state index contributed by atoms with van der Waals surface area (Å²) in [7, 11) is -3.29. The maximum Gasteiger partial charge on any atom is 0.205 e. The molecule has 32 heavy (non-hydrogen) atoms. The number of hydrogen-bond donors (Lipinski definition) is 1. The van der Waals surface area contributed by atoms with Gasteiger partial charge in [-0.3, -0.25) is 4.57 Å². The number of fused-ring (bicyclic) bond motifs is 1. The van der Waals surface area contributed by atoms with E-state index in [1.165, 1.54) is 0 Å². The lowest BCUT2D eigenvalue weighted by atomic mass is 9.84. The van der Waals surface area contributed by atoms with Crippen LogP contribution in [0.4, 0.5) is 0 Å². The van der Waals surface area contributed by atoms with Crippen LogP contribution in [0.25, 0.3) is 10.8 Å². The second-order valence-electron chi connectivity index (χ2n) is 7.89. The fourth-order valence-corrected chi connectivity index (χ4v) is 6.73. The van der Waals surface area contributed by atoms with Crippen LogP contribution in [0.2, 0.25) is 0 Å². The van der Waals surface area contributed by atoms with Crippen LogP contribution in [0.15, 0.2) is 115 Å². The molecule has 4 rings (SSSR count). The van der Waals surface area contributed by atoms with Gasteiger partial charge in [0, 0.05) is 16.2 Å². The summed E-state index contributed by atoms with van der Waals surface area (Å²) in [6.07, 6.45) is 1.79. The van der Waals surface area contributed by atoms with Gasteiger partial charge in [-0.1, -0.05) is 78.9 Å². The zero-order chi connectivity index (χ0) is 22.6. The standard InChI is InChI=1S/C28H25N2OP/c1-3-24(21-29)28(2,25-19-18-22-12-10-11-13-23(22)20-25)30-32(31,26-14-6-4-7-15-26)27-16-8-5-9-17-27/h3-20H,1-2H3,(H,30,31)/b24-3+/t28-/m1/s1. The monoisotopic (exact) mass is 436 g/mol. The predicted molar refractivity (Wildman–Crippen MR) is 134 cm³/mol. The van der Waals surface area contributed by atoms with Gasteiger partial charge in [-0.25, -0.2) is 5.09 Å². The molecule has 4 heteroatoms. The van der Waals surface area contributed by atoms with Crippen molar-refractivity contribution in [1.29, 1.82) is 5.26 Å². The summed E-state index contributed by atoms with van der Waals surface area (Å²) < 4.78 is 14.8. The number of rotatable bonds is 6. The molecule has 0 amide bonds. The number of nitrogens with one attached hydrogen (secondary N) is 1. The van der Waals surface area contributed by atoms with Crippen molar-refractivity contribution in [2.75, 3.05) is 0 Å². The Balaban J connectivity index is 1.94. The average molecular weight is 436 g/mol. The van der Waals surface area contributed by atoms with Gasteiger partial charge in [0.15, 0.2) is 0 Å². The Kier molecular flexibility index (Phi) is 6.10. The molecule has 0 unspecified atom stereocenters. The predicted octanol–water partition coefficient (Wildman–Crippen LogP) is 6.04. The molecule has 0 saturated carbocycles. The van der Waals surface area contributed by atoms with Crippen molar-refractivity contribution in [2.45, 2.75) is 19.4 Å². The van der Waals surface area contributed by atoms with Gasteiger partial charge in [0.2, 0.25) is 7.29 Å². The number of nitriles is 1. The fraction of sp³-hybridized carbons (Fsp3) is 0.107. The van der Waals surface area contributed by atoms with Crippen molar-refractivity contribution in [3.8, 4) is 6.07 Å². The molecule has 1 atom stereocenters. The number of nitrogens with zero attached hydrogens (tertiary/aromatic N) is 1. The SMILES string of the molecule is C/C=C(\C#N)[C@@](C)(NP(=O)(c1ccccc1)c1ccccc1)c1ccc2ccccc2c1. The zero-order valence-electron chi connectivity index (χ0n) is 18.2. The third kappa shape index (κ3) is 3.92. The molecule has 0 fully saturated rings. The number of allylic oxidation sites excluding steroid dienone is 1. The normalized spacial score (nSPS) is 14.0. The molecule has 3 nitrogen and oxygen atoms in total. The van der Waals surface area contributed by atoms with Gasteiger partial charge in [-0.2, -0.15) is 5.26 Å². The smallest absolute Gasteiger partial charge is 0.205 e. The Hall–Kier alpha value is -3.44. The van der Waals surface area contributed by atoms with Gasteiger partial charge < -0.3 is 0 Å². The highest BCUT2D eigenvalue weighted by Gasteiger charge is 2.40. The molecule has 4 aromatic rings. The molecule has 0 aliphatic rings. The van der Waals surface area contributed by atoms with E-state index in [2.05, 4.69) is 29.4 Å². The van der Waals surface area contributed by atoms with Crippen LogP contribution in [-0.4, -0.2) is 0 Å². The van der Waals surface area contributed by atoms with E-state index in [0.29, 0.717) is 16.2 Å². The molecule has 0 spiro atoms. The largest absolute Gasteiger partial charge is 0.296 e. The summed E-state index contributed by atoms with van der Waals surface area (Å²) in [6, 6.07) is 35.5. The molecule has 0 aliphatic heterocycles. The second kappa shape index (κ2) is 8.97. The number of benzene rings is 4. The molecule has 0 heterocycles. The molecule has 0 bridgehead atoms. The molecule has 0 aromatic heterocycles. The average Bonchev–Trinajstić information content (AvgIpc) is 2.85. The summed E-state index contributed by atoms with van der Waals surface area (Å²) >= 11 is 0.